The third kappa shape index (κ3) is 2.28. The first-order valence-corrected chi connectivity index (χ1v) is 5.12. The molecule has 5 heteroatoms. The Kier molecular flexibility index (Phi) is 4.08. The Morgan fingerprint density at radius 2 is 2.13 bits per heavy atom. The van der Waals surface area contributed by atoms with E-state index in [2.05, 4.69) is 10.1 Å². The molecule has 1 aliphatic heterocycles. The van der Waals surface area contributed by atoms with E-state index in [-0.39, 0.29) is 19.1 Å². The number of unbranched alkanes of at least 4 members (excludes halogenated alkanes) is 1. The third-order valence-corrected chi connectivity index (χ3v) is 2.52. The minimum atomic E-state index is -1.09. The first-order chi connectivity index (χ1) is 7.17. The monoisotopic (exact) mass is 215 g/mol. The molecule has 1 rings (SSSR count). The van der Waals surface area contributed by atoms with Crippen molar-refractivity contribution in [3.05, 3.63) is 0 Å². The van der Waals surface area contributed by atoms with Crippen LogP contribution in [0.15, 0.2) is 0 Å². The van der Waals surface area contributed by atoms with Crippen LogP contribution in [0, 0.1) is 5.41 Å². The molecule has 0 unspecified atom stereocenters. The quantitative estimate of drug-likeness (QED) is 0.401. The van der Waals surface area contributed by atoms with Crippen LogP contribution in [0.25, 0.3) is 0 Å². The highest BCUT2D eigenvalue weighted by Crippen LogP contribution is 2.29. The lowest BCUT2D eigenvalue weighted by Crippen LogP contribution is -2.59. The van der Waals surface area contributed by atoms with Crippen LogP contribution in [0.4, 0.5) is 0 Å². The van der Waals surface area contributed by atoms with Gasteiger partial charge in [0.25, 0.3) is 0 Å². The zero-order valence-corrected chi connectivity index (χ0v) is 9.17. The van der Waals surface area contributed by atoms with Crippen LogP contribution in [0.2, 0.25) is 0 Å². The van der Waals surface area contributed by atoms with Crippen LogP contribution < -0.4 is 5.32 Å². The Bertz CT molecular complexity index is 248. The maximum absolute atomic E-state index is 11.7. The summed E-state index contributed by atoms with van der Waals surface area (Å²) in [5.74, 6) is -0.795. The molecule has 1 amide bonds. The third-order valence-electron chi connectivity index (χ3n) is 2.52. The van der Waals surface area contributed by atoms with E-state index in [0.717, 1.165) is 12.8 Å². The number of methoxy groups -OCH3 is 1. The van der Waals surface area contributed by atoms with Gasteiger partial charge < -0.3 is 14.8 Å². The maximum Gasteiger partial charge on any atom is 0.326 e. The fourth-order valence-corrected chi connectivity index (χ4v) is 1.39. The van der Waals surface area contributed by atoms with Gasteiger partial charge in [-0.3, -0.25) is 9.59 Å². The minimum absolute atomic E-state index is 0.123. The van der Waals surface area contributed by atoms with Crippen molar-refractivity contribution in [3.8, 4) is 0 Å². The average Bonchev–Trinajstić information content (AvgIpc) is 2.16. The number of esters is 1. The van der Waals surface area contributed by atoms with E-state index in [9.17, 15) is 9.59 Å². The van der Waals surface area contributed by atoms with Crippen LogP contribution in [0.3, 0.4) is 0 Å². The number of amides is 1. The minimum Gasteiger partial charge on any atom is -0.468 e. The fourth-order valence-electron chi connectivity index (χ4n) is 1.39. The molecule has 0 atom stereocenters. The largest absolute Gasteiger partial charge is 0.468 e. The van der Waals surface area contributed by atoms with Crippen LogP contribution in [0.1, 0.15) is 19.8 Å². The fraction of sp³-hybridized carbons (Fsp3) is 0.800. The molecule has 0 spiro atoms. The molecular weight excluding hydrogens is 198 g/mol. The van der Waals surface area contributed by atoms with Gasteiger partial charge >= 0.3 is 5.97 Å². The number of hydrogen-bond donors (Lipinski definition) is 1. The summed E-state index contributed by atoms with van der Waals surface area (Å²) in [4.78, 5) is 23.2. The molecular formula is C10H17NO4. The molecule has 0 aromatic heterocycles. The molecule has 1 heterocycles. The molecule has 86 valence electrons. The van der Waals surface area contributed by atoms with E-state index in [1.807, 2.05) is 6.92 Å². The molecule has 0 bridgehead atoms. The van der Waals surface area contributed by atoms with Crippen LogP contribution in [-0.4, -0.2) is 38.7 Å². The molecule has 0 aliphatic carbocycles. The smallest absolute Gasteiger partial charge is 0.326 e. The van der Waals surface area contributed by atoms with Crippen LogP contribution in [0.5, 0.6) is 0 Å². The van der Waals surface area contributed by atoms with Gasteiger partial charge in [-0.1, -0.05) is 13.3 Å². The van der Waals surface area contributed by atoms with Crippen molar-refractivity contribution in [2.24, 2.45) is 5.41 Å². The number of ether oxygens (including phenoxy) is 2. The topological polar surface area (TPSA) is 64.6 Å². The van der Waals surface area contributed by atoms with E-state index in [1.165, 1.54) is 7.11 Å². The van der Waals surface area contributed by atoms with Crippen LogP contribution >= 0.6 is 0 Å². The van der Waals surface area contributed by atoms with Gasteiger partial charge in [-0.05, 0) is 6.42 Å². The molecule has 1 saturated heterocycles. The average molecular weight is 215 g/mol. The summed E-state index contributed by atoms with van der Waals surface area (Å²) < 4.78 is 9.53. The van der Waals surface area contributed by atoms with Crippen molar-refractivity contribution < 1.29 is 19.1 Å². The number of rotatable bonds is 5. The zero-order chi connectivity index (χ0) is 11.3. The molecule has 15 heavy (non-hydrogen) atoms. The Hall–Kier alpha value is -1.10. The summed E-state index contributed by atoms with van der Waals surface area (Å²) in [6, 6.07) is 0. The Morgan fingerprint density at radius 3 is 2.53 bits per heavy atom. The van der Waals surface area contributed by atoms with Gasteiger partial charge in [0.1, 0.15) is 0 Å². The summed E-state index contributed by atoms with van der Waals surface area (Å²) in [7, 11) is 1.28. The number of hydrogen-bond acceptors (Lipinski definition) is 4. The highest BCUT2D eigenvalue weighted by molar-refractivity contribution is 6.03. The molecule has 1 fully saturated rings. The van der Waals surface area contributed by atoms with E-state index >= 15 is 0 Å². The predicted molar refractivity (Wildman–Crippen MR) is 53.2 cm³/mol. The summed E-state index contributed by atoms with van der Waals surface area (Å²) in [5, 5.41) is 2.72. The Balaban J connectivity index is 2.50. The second kappa shape index (κ2) is 5.11. The Labute approximate surface area is 89.1 Å². The van der Waals surface area contributed by atoms with Gasteiger partial charge in [0.15, 0.2) is 5.41 Å². The Morgan fingerprint density at radius 1 is 1.47 bits per heavy atom. The van der Waals surface area contributed by atoms with Gasteiger partial charge in [0.2, 0.25) is 5.91 Å². The van der Waals surface area contributed by atoms with Crippen molar-refractivity contribution in [1.82, 2.24) is 5.32 Å². The van der Waals surface area contributed by atoms with E-state index < -0.39 is 11.4 Å². The summed E-state index contributed by atoms with van der Waals surface area (Å²) >= 11 is 0. The summed E-state index contributed by atoms with van der Waals surface area (Å²) in [6.45, 7) is 2.87. The van der Waals surface area contributed by atoms with E-state index in [1.54, 1.807) is 0 Å². The predicted octanol–water partition coefficient (Wildman–Crippen LogP) is 0.0923. The molecule has 0 radical (unpaired) electrons. The zero-order valence-electron chi connectivity index (χ0n) is 9.17. The lowest BCUT2D eigenvalue weighted by Gasteiger charge is -2.36. The number of nitrogens with one attached hydrogen (secondary N) is 1. The number of carbonyl (C=O) groups is 2. The molecule has 0 saturated carbocycles. The van der Waals surface area contributed by atoms with E-state index in [0.29, 0.717) is 6.54 Å². The van der Waals surface area contributed by atoms with Crippen molar-refractivity contribution in [2.75, 3.05) is 26.9 Å². The van der Waals surface area contributed by atoms with Gasteiger partial charge in [0, 0.05) is 6.54 Å². The maximum atomic E-state index is 11.7. The molecule has 1 N–H and O–H groups in total. The number of carbonyl (C=O) groups excluding carboxylic acids is 2. The standard InChI is InChI=1S/C10H17NO4/c1-3-4-5-11-8(12)10(6-15-7-10)9(13)14-2/h3-7H2,1-2H3,(H,11,12). The van der Waals surface area contributed by atoms with Crippen molar-refractivity contribution in [2.45, 2.75) is 19.8 Å². The second-order valence-corrected chi connectivity index (χ2v) is 3.68. The van der Waals surface area contributed by atoms with Crippen molar-refractivity contribution >= 4 is 11.9 Å². The second-order valence-electron chi connectivity index (χ2n) is 3.68. The normalized spacial score (nSPS) is 17.7. The van der Waals surface area contributed by atoms with Gasteiger partial charge in [-0.15, -0.1) is 0 Å². The van der Waals surface area contributed by atoms with Gasteiger partial charge in [0.05, 0.1) is 20.3 Å². The molecule has 1 aliphatic rings. The SMILES string of the molecule is CCCCNC(=O)C1(C(=O)OC)COC1. The van der Waals surface area contributed by atoms with Crippen molar-refractivity contribution in [1.29, 1.82) is 0 Å². The van der Waals surface area contributed by atoms with E-state index in [4.69, 9.17) is 4.74 Å². The highest BCUT2D eigenvalue weighted by Gasteiger charge is 2.53. The first-order valence-electron chi connectivity index (χ1n) is 5.12. The van der Waals surface area contributed by atoms with Gasteiger partial charge in [-0.25, -0.2) is 0 Å². The van der Waals surface area contributed by atoms with Crippen LogP contribution in [-0.2, 0) is 19.1 Å². The van der Waals surface area contributed by atoms with Crippen molar-refractivity contribution in [3.63, 3.8) is 0 Å². The summed E-state index contributed by atoms with van der Waals surface area (Å²) in [6.07, 6.45) is 1.91. The summed E-state index contributed by atoms with van der Waals surface area (Å²) in [5.41, 5.74) is -1.09. The molecule has 0 aromatic carbocycles. The molecule has 5 nitrogen and oxygen atoms in total. The lowest BCUT2D eigenvalue weighted by atomic mass is 9.85. The highest BCUT2D eigenvalue weighted by atomic mass is 16.5. The first kappa shape index (κ1) is 12.0. The lowest BCUT2D eigenvalue weighted by molar-refractivity contribution is -0.188. The molecule has 0 aromatic rings. The van der Waals surface area contributed by atoms with Gasteiger partial charge in [-0.2, -0.15) is 0 Å².